The Bertz CT molecular complexity index is 1130. The first kappa shape index (κ1) is 37.1. The summed E-state index contributed by atoms with van der Waals surface area (Å²) in [6.07, 6.45) is 18.9. The molecular formula is C37H51Cl3O3. The minimum absolute atomic E-state index is 0.328. The highest BCUT2D eigenvalue weighted by atomic mass is 35.5. The van der Waals surface area contributed by atoms with Crippen LogP contribution in [0.5, 0.6) is 17.2 Å². The van der Waals surface area contributed by atoms with E-state index in [0.29, 0.717) is 33.2 Å². The highest BCUT2D eigenvalue weighted by Crippen LogP contribution is 2.40. The third kappa shape index (κ3) is 13.6. The third-order valence-corrected chi connectivity index (χ3v) is 9.08. The van der Waals surface area contributed by atoms with Crippen molar-refractivity contribution < 1.29 is 15.3 Å². The molecule has 1 aliphatic rings. The molecule has 238 valence electrons. The van der Waals surface area contributed by atoms with Crippen LogP contribution >= 0.6 is 34.8 Å². The van der Waals surface area contributed by atoms with Gasteiger partial charge >= 0.3 is 0 Å². The quantitative estimate of drug-likeness (QED) is 0.171. The van der Waals surface area contributed by atoms with Crippen molar-refractivity contribution in [1.82, 2.24) is 0 Å². The molecule has 1 saturated carbocycles. The Kier molecular flexibility index (Phi) is 18.6. The molecule has 0 heterocycles. The molecule has 0 unspecified atom stereocenters. The van der Waals surface area contributed by atoms with E-state index in [9.17, 15) is 15.3 Å². The SMILES string of the molecule is CCCCCCCc1c(O)cccc1Cl.CCCCCCc1c(O)cccc1Cl.Oc1cccc(Cl)c1C1CCCCC1. The van der Waals surface area contributed by atoms with Crippen molar-refractivity contribution in [3.8, 4) is 17.2 Å². The maximum atomic E-state index is 9.76. The molecule has 0 spiro atoms. The third-order valence-electron chi connectivity index (χ3n) is 8.04. The summed E-state index contributed by atoms with van der Waals surface area (Å²) in [5, 5.41) is 31.0. The van der Waals surface area contributed by atoms with Crippen LogP contribution in [0.3, 0.4) is 0 Å². The van der Waals surface area contributed by atoms with E-state index in [2.05, 4.69) is 13.8 Å². The second kappa shape index (κ2) is 21.6. The molecule has 0 saturated heterocycles. The second-order valence-corrected chi connectivity index (χ2v) is 12.7. The summed E-state index contributed by atoms with van der Waals surface area (Å²) in [7, 11) is 0. The van der Waals surface area contributed by atoms with Crippen molar-refractivity contribution >= 4 is 34.8 Å². The lowest BCUT2D eigenvalue weighted by Gasteiger charge is -2.23. The Labute approximate surface area is 275 Å². The molecule has 0 atom stereocenters. The number of phenols is 3. The molecule has 3 aromatic carbocycles. The Hall–Kier alpha value is -2.07. The zero-order chi connectivity index (χ0) is 31.5. The van der Waals surface area contributed by atoms with Crippen LogP contribution in [0.25, 0.3) is 0 Å². The fourth-order valence-corrected chi connectivity index (χ4v) is 6.40. The number of rotatable bonds is 12. The first-order chi connectivity index (χ1) is 20.8. The topological polar surface area (TPSA) is 60.7 Å². The Morgan fingerprint density at radius 3 is 1.40 bits per heavy atom. The van der Waals surface area contributed by atoms with Gasteiger partial charge in [-0.05, 0) is 80.8 Å². The fraction of sp³-hybridized carbons (Fsp3) is 0.514. The van der Waals surface area contributed by atoms with Crippen LogP contribution in [0.1, 0.15) is 126 Å². The van der Waals surface area contributed by atoms with Gasteiger partial charge in [0, 0.05) is 31.8 Å². The monoisotopic (exact) mass is 648 g/mol. The first-order valence-electron chi connectivity index (χ1n) is 16.2. The number of halogens is 3. The van der Waals surface area contributed by atoms with Crippen molar-refractivity contribution in [1.29, 1.82) is 0 Å². The maximum Gasteiger partial charge on any atom is 0.120 e. The zero-order valence-electron chi connectivity index (χ0n) is 26.1. The summed E-state index contributed by atoms with van der Waals surface area (Å²) in [5.41, 5.74) is 2.76. The smallest absolute Gasteiger partial charge is 0.120 e. The summed E-state index contributed by atoms with van der Waals surface area (Å²) in [5.74, 6) is 1.49. The average molecular weight is 650 g/mol. The molecule has 0 aliphatic heterocycles. The first-order valence-corrected chi connectivity index (χ1v) is 17.3. The minimum atomic E-state index is 0.328. The Balaban J connectivity index is 0.000000225. The van der Waals surface area contributed by atoms with Crippen molar-refractivity contribution in [2.24, 2.45) is 0 Å². The zero-order valence-corrected chi connectivity index (χ0v) is 28.3. The van der Waals surface area contributed by atoms with Crippen molar-refractivity contribution in [3.05, 3.63) is 86.4 Å². The van der Waals surface area contributed by atoms with E-state index in [1.165, 1.54) is 64.2 Å². The van der Waals surface area contributed by atoms with Gasteiger partial charge in [0.25, 0.3) is 0 Å². The number of aromatic hydroxyl groups is 3. The predicted octanol–water partition coefficient (Wildman–Crippen LogP) is 12.8. The van der Waals surface area contributed by atoms with Gasteiger partial charge in [0.1, 0.15) is 17.2 Å². The minimum Gasteiger partial charge on any atom is -0.508 e. The molecule has 3 aromatic rings. The number of unbranched alkanes of at least 4 members (excludes halogenated alkanes) is 7. The number of hydrogen-bond acceptors (Lipinski definition) is 3. The Morgan fingerprint density at radius 1 is 0.535 bits per heavy atom. The van der Waals surface area contributed by atoms with Gasteiger partial charge in [0.2, 0.25) is 0 Å². The van der Waals surface area contributed by atoms with E-state index in [1.807, 2.05) is 18.2 Å². The molecule has 0 aromatic heterocycles. The van der Waals surface area contributed by atoms with E-state index >= 15 is 0 Å². The molecule has 1 fully saturated rings. The molecule has 3 nitrogen and oxygen atoms in total. The van der Waals surface area contributed by atoms with E-state index in [1.54, 1.807) is 36.4 Å². The van der Waals surface area contributed by atoms with Crippen LogP contribution in [0.4, 0.5) is 0 Å². The summed E-state index contributed by atoms with van der Waals surface area (Å²) in [4.78, 5) is 0. The summed E-state index contributed by atoms with van der Waals surface area (Å²) >= 11 is 18.1. The van der Waals surface area contributed by atoms with Gasteiger partial charge in [-0.3, -0.25) is 0 Å². The van der Waals surface area contributed by atoms with Crippen LogP contribution in [0.2, 0.25) is 15.1 Å². The largest absolute Gasteiger partial charge is 0.508 e. The predicted molar refractivity (Wildman–Crippen MR) is 185 cm³/mol. The molecule has 0 radical (unpaired) electrons. The fourth-order valence-electron chi connectivity index (χ4n) is 5.54. The van der Waals surface area contributed by atoms with Crippen LogP contribution in [-0.4, -0.2) is 15.3 Å². The van der Waals surface area contributed by atoms with Crippen molar-refractivity contribution in [2.45, 2.75) is 122 Å². The summed E-state index contributed by atoms with van der Waals surface area (Å²) in [6, 6.07) is 16.0. The van der Waals surface area contributed by atoms with Crippen LogP contribution in [0.15, 0.2) is 54.6 Å². The molecule has 1 aliphatic carbocycles. The Morgan fingerprint density at radius 2 is 0.953 bits per heavy atom. The van der Waals surface area contributed by atoms with E-state index in [-0.39, 0.29) is 0 Å². The van der Waals surface area contributed by atoms with Gasteiger partial charge in [-0.1, -0.05) is 131 Å². The van der Waals surface area contributed by atoms with Gasteiger partial charge in [0.05, 0.1) is 0 Å². The summed E-state index contributed by atoms with van der Waals surface area (Å²) in [6.45, 7) is 4.40. The van der Waals surface area contributed by atoms with Gasteiger partial charge < -0.3 is 15.3 Å². The summed E-state index contributed by atoms with van der Waals surface area (Å²) < 4.78 is 0. The lowest BCUT2D eigenvalue weighted by Crippen LogP contribution is -2.05. The second-order valence-electron chi connectivity index (χ2n) is 11.5. The standard InChI is InChI=1S/C13H19ClO.C12H15ClO.C12H17ClO/c1-2-3-4-5-6-8-11-12(14)9-7-10-13(11)15;13-10-7-4-8-11(14)12(10)9-5-2-1-3-6-9;1-2-3-4-5-7-10-11(13)8-6-9-12(10)14/h7,9-10,15H,2-6,8H2,1H3;4,7-9,14H,1-3,5-6H2;6,8-9,14H,2-5,7H2,1H3. The lowest BCUT2D eigenvalue weighted by molar-refractivity contribution is 0.414. The molecular weight excluding hydrogens is 599 g/mol. The average Bonchev–Trinajstić information content (AvgIpc) is 2.99. The van der Waals surface area contributed by atoms with Crippen LogP contribution < -0.4 is 0 Å². The normalized spacial score (nSPS) is 13.0. The van der Waals surface area contributed by atoms with Gasteiger partial charge in [-0.2, -0.15) is 0 Å². The highest BCUT2D eigenvalue weighted by molar-refractivity contribution is 6.32. The molecule has 4 rings (SSSR count). The number of hydrogen-bond donors (Lipinski definition) is 3. The van der Waals surface area contributed by atoms with E-state index in [0.717, 1.165) is 60.2 Å². The molecule has 43 heavy (non-hydrogen) atoms. The molecule has 6 heteroatoms. The number of benzene rings is 3. The van der Waals surface area contributed by atoms with Crippen LogP contribution in [0, 0.1) is 0 Å². The van der Waals surface area contributed by atoms with Gasteiger partial charge in [-0.15, -0.1) is 0 Å². The van der Waals surface area contributed by atoms with E-state index < -0.39 is 0 Å². The van der Waals surface area contributed by atoms with Gasteiger partial charge in [0.15, 0.2) is 0 Å². The lowest BCUT2D eigenvalue weighted by atomic mass is 9.84. The van der Waals surface area contributed by atoms with Crippen LogP contribution in [-0.2, 0) is 12.8 Å². The van der Waals surface area contributed by atoms with Crippen molar-refractivity contribution in [3.63, 3.8) is 0 Å². The maximum absolute atomic E-state index is 9.76. The molecule has 3 N–H and O–H groups in total. The number of phenolic OH excluding ortho intramolecular Hbond substituents is 3. The highest BCUT2D eigenvalue weighted by Gasteiger charge is 2.20. The molecule has 0 bridgehead atoms. The van der Waals surface area contributed by atoms with E-state index in [4.69, 9.17) is 34.8 Å². The van der Waals surface area contributed by atoms with Crippen molar-refractivity contribution in [2.75, 3.05) is 0 Å². The van der Waals surface area contributed by atoms with Gasteiger partial charge in [-0.25, -0.2) is 0 Å². The molecule has 0 amide bonds.